The van der Waals surface area contributed by atoms with Crippen molar-refractivity contribution < 1.29 is 0 Å². The first kappa shape index (κ1) is 24.9. The highest BCUT2D eigenvalue weighted by Crippen LogP contribution is 2.43. The zero-order valence-electron chi connectivity index (χ0n) is 24.3. The second kappa shape index (κ2) is 10.00. The van der Waals surface area contributed by atoms with Crippen molar-refractivity contribution in [2.75, 3.05) is 0 Å². The molecule has 2 aromatic heterocycles. The normalized spacial score (nSPS) is 13.3. The third kappa shape index (κ3) is 3.74. The first-order chi connectivity index (χ1) is 21.9. The number of allylic oxidation sites excluding steroid dienone is 4. The van der Waals surface area contributed by atoms with E-state index in [1.54, 1.807) is 0 Å². The molecule has 0 N–H and O–H groups in total. The lowest BCUT2D eigenvalue weighted by atomic mass is 9.95. The van der Waals surface area contributed by atoms with E-state index >= 15 is 0 Å². The molecule has 8 aromatic rings. The molecule has 2 heterocycles. The molecule has 0 aliphatic heterocycles. The van der Waals surface area contributed by atoms with Gasteiger partial charge in [-0.2, -0.15) is 0 Å². The number of benzene rings is 6. The Morgan fingerprint density at radius 2 is 0.977 bits per heavy atom. The predicted molar refractivity (Wildman–Crippen MR) is 187 cm³/mol. The third-order valence-corrected chi connectivity index (χ3v) is 9.13. The number of aromatic nitrogens is 2. The lowest BCUT2D eigenvalue weighted by Crippen LogP contribution is -1.95. The van der Waals surface area contributed by atoms with E-state index in [1.165, 1.54) is 77.2 Å². The quantitative estimate of drug-likeness (QED) is 0.202. The van der Waals surface area contributed by atoms with Crippen LogP contribution in [0.5, 0.6) is 0 Å². The van der Waals surface area contributed by atoms with Gasteiger partial charge in [-0.05, 0) is 83.6 Å². The first-order valence-corrected chi connectivity index (χ1v) is 15.4. The molecule has 6 aromatic carbocycles. The maximum atomic E-state index is 2.44. The van der Waals surface area contributed by atoms with Gasteiger partial charge in [-0.25, -0.2) is 0 Å². The average molecular weight is 563 g/mol. The summed E-state index contributed by atoms with van der Waals surface area (Å²) in [5, 5.41) is 5.11. The lowest BCUT2D eigenvalue weighted by Gasteiger charge is -2.13. The Balaban J connectivity index is 1.35. The molecule has 44 heavy (non-hydrogen) atoms. The minimum Gasteiger partial charge on any atom is -0.309 e. The van der Waals surface area contributed by atoms with Gasteiger partial charge in [-0.15, -0.1) is 0 Å². The van der Waals surface area contributed by atoms with E-state index in [9.17, 15) is 0 Å². The first-order valence-electron chi connectivity index (χ1n) is 15.4. The molecule has 0 amide bonds. The van der Waals surface area contributed by atoms with Crippen LogP contribution in [0.3, 0.4) is 0 Å². The zero-order valence-corrected chi connectivity index (χ0v) is 24.3. The van der Waals surface area contributed by atoms with E-state index in [4.69, 9.17) is 0 Å². The molecule has 0 fully saturated rings. The van der Waals surface area contributed by atoms with E-state index in [1.807, 2.05) is 0 Å². The van der Waals surface area contributed by atoms with E-state index in [0.717, 1.165) is 12.8 Å². The Labute approximate surface area is 256 Å². The Hall–Kier alpha value is -5.60. The molecule has 1 aliphatic rings. The molecule has 0 unspecified atom stereocenters. The van der Waals surface area contributed by atoms with E-state index in [2.05, 4.69) is 167 Å². The van der Waals surface area contributed by atoms with Crippen LogP contribution in [-0.2, 0) is 0 Å². The second-order valence-corrected chi connectivity index (χ2v) is 11.6. The van der Waals surface area contributed by atoms with Gasteiger partial charge < -0.3 is 9.13 Å². The van der Waals surface area contributed by atoms with Gasteiger partial charge in [0.1, 0.15) is 0 Å². The van der Waals surface area contributed by atoms with Crippen molar-refractivity contribution in [2.24, 2.45) is 0 Å². The fourth-order valence-corrected chi connectivity index (χ4v) is 7.27. The number of fused-ring (bicyclic) bond motifs is 6. The van der Waals surface area contributed by atoms with Crippen LogP contribution in [0.4, 0.5) is 0 Å². The van der Waals surface area contributed by atoms with Crippen molar-refractivity contribution in [1.82, 2.24) is 9.13 Å². The topological polar surface area (TPSA) is 9.86 Å². The SMILES string of the molecule is C1=CC(c2cccc(-n3c4ccccc4c4c(-c5cccc6c5c5ccccc5n6-c5ccccc5)cccc43)c2)=CCC1. The summed E-state index contributed by atoms with van der Waals surface area (Å²) < 4.78 is 4.84. The standard InChI is InChI=1S/C42H30N2/c1-3-14-29(15-4-1)30-16-11-19-32(28-30)44-38-25-10-8-21-36(38)42-34(23-13-27-40(42)44)33-22-12-26-39-41(33)35-20-7-9-24-37(35)43(39)31-17-5-2-6-18-31/h2-3,5-28H,1,4H2. The Morgan fingerprint density at radius 1 is 0.432 bits per heavy atom. The van der Waals surface area contributed by atoms with Gasteiger partial charge in [-0.3, -0.25) is 0 Å². The summed E-state index contributed by atoms with van der Waals surface area (Å²) in [7, 11) is 0. The van der Waals surface area contributed by atoms with Gasteiger partial charge in [0.05, 0.1) is 22.1 Å². The lowest BCUT2D eigenvalue weighted by molar-refractivity contribution is 1.04. The van der Waals surface area contributed by atoms with E-state index < -0.39 is 0 Å². The van der Waals surface area contributed by atoms with Crippen LogP contribution in [0.25, 0.3) is 71.7 Å². The Bertz CT molecular complexity index is 2430. The summed E-state index contributed by atoms with van der Waals surface area (Å²) in [5.74, 6) is 0. The number of rotatable bonds is 4. The van der Waals surface area contributed by atoms with Crippen LogP contribution in [0.15, 0.2) is 158 Å². The maximum absolute atomic E-state index is 2.44. The number of para-hydroxylation sites is 3. The molecule has 1 aliphatic carbocycles. The van der Waals surface area contributed by atoms with Crippen LogP contribution < -0.4 is 0 Å². The van der Waals surface area contributed by atoms with Crippen LogP contribution in [0.1, 0.15) is 18.4 Å². The van der Waals surface area contributed by atoms with Crippen LogP contribution >= 0.6 is 0 Å². The molecule has 0 radical (unpaired) electrons. The fraction of sp³-hybridized carbons (Fsp3) is 0.0476. The number of nitrogens with zero attached hydrogens (tertiary/aromatic N) is 2. The van der Waals surface area contributed by atoms with Crippen molar-refractivity contribution in [3.63, 3.8) is 0 Å². The molecule has 9 rings (SSSR count). The molecule has 2 heteroatoms. The summed E-state index contributed by atoms with van der Waals surface area (Å²) >= 11 is 0. The minimum atomic E-state index is 1.10. The van der Waals surface area contributed by atoms with Gasteiger partial charge in [0.2, 0.25) is 0 Å². The minimum absolute atomic E-state index is 1.10. The van der Waals surface area contributed by atoms with Crippen molar-refractivity contribution in [3.8, 4) is 22.5 Å². The molecule has 0 spiro atoms. The zero-order chi connectivity index (χ0) is 29.0. The van der Waals surface area contributed by atoms with Crippen LogP contribution in [0, 0.1) is 0 Å². The van der Waals surface area contributed by atoms with E-state index in [-0.39, 0.29) is 0 Å². The number of hydrogen-bond donors (Lipinski definition) is 0. The summed E-state index contributed by atoms with van der Waals surface area (Å²) in [6.07, 6.45) is 9.12. The molecule has 0 bridgehead atoms. The Morgan fingerprint density at radius 3 is 1.61 bits per heavy atom. The molecular formula is C42H30N2. The van der Waals surface area contributed by atoms with Gasteiger partial charge in [-0.1, -0.05) is 109 Å². The van der Waals surface area contributed by atoms with Gasteiger partial charge in [0.25, 0.3) is 0 Å². The molecule has 0 saturated carbocycles. The smallest absolute Gasteiger partial charge is 0.0547 e. The summed E-state index contributed by atoms with van der Waals surface area (Å²) in [6, 6.07) is 50.9. The highest BCUT2D eigenvalue weighted by Gasteiger charge is 2.20. The van der Waals surface area contributed by atoms with Gasteiger partial charge in [0, 0.05) is 32.9 Å². The summed E-state index contributed by atoms with van der Waals surface area (Å²) in [6.45, 7) is 0. The summed E-state index contributed by atoms with van der Waals surface area (Å²) in [4.78, 5) is 0. The largest absolute Gasteiger partial charge is 0.309 e. The monoisotopic (exact) mass is 562 g/mol. The van der Waals surface area contributed by atoms with Gasteiger partial charge in [0.15, 0.2) is 0 Å². The highest BCUT2D eigenvalue weighted by atomic mass is 15.0. The molecule has 0 atom stereocenters. The van der Waals surface area contributed by atoms with E-state index in [0.29, 0.717) is 0 Å². The third-order valence-electron chi connectivity index (χ3n) is 9.13. The molecular weight excluding hydrogens is 532 g/mol. The highest BCUT2D eigenvalue weighted by molar-refractivity contribution is 6.22. The summed E-state index contributed by atoms with van der Waals surface area (Å²) in [5.41, 5.74) is 12.3. The van der Waals surface area contributed by atoms with Crippen molar-refractivity contribution >= 4 is 49.2 Å². The van der Waals surface area contributed by atoms with Crippen molar-refractivity contribution in [1.29, 1.82) is 0 Å². The number of hydrogen-bond acceptors (Lipinski definition) is 0. The maximum Gasteiger partial charge on any atom is 0.0547 e. The average Bonchev–Trinajstić information content (AvgIpc) is 3.62. The molecule has 2 nitrogen and oxygen atoms in total. The van der Waals surface area contributed by atoms with Gasteiger partial charge >= 0.3 is 0 Å². The Kier molecular flexibility index (Phi) is 5.67. The molecule has 0 saturated heterocycles. The predicted octanol–water partition coefficient (Wildman–Crippen LogP) is 11.3. The van der Waals surface area contributed by atoms with Crippen LogP contribution in [-0.4, -0.2) is 9.13 Å². The molecule has 208 valence electrons. The fourth-order valence-electron chi connectivity index (χ4n) is 7.27. The second-order valence-electron chi connectivity index (χ2n) is 11.6. The van der Waals surface area contributed by atoms with Crippen molar-refractivity contribution in [3.05, 3.63) is 163 Å². The van der Waals surface area contributed by atoms with Crippen molar-refractivity contribution in [2.45, 2.75) is 12.8 Å². The van der Waals surface area contributed by atoms with Crippen LogP contribution in [0.2, 0.25) is 0 Å².